The Hall–Kier alpha value is -1.03. The van der Waals surface area contributed by atoms with Crippen LogP contribution in [0.25, 0.3) is 0 Å². The third-order valence-corrected chi connectivity index (χ3v) is 2.76. The van der Waals surface area contributed by atoms with Crippen molar-refractivity contribution >= 4 is 0 Å². The molecule has 2 rings (SSSR count). The zero-order valence-electron chi connectivity index (χ0n) is 8.19. The molecule has 0 bridgehead atoms. The molecular weight excluding hydrogens is 203 g/mol. The summed E-state index contributed by atoms with van der Waals surface area (Å²) < 4.78 is 39.2. The average molecular weight is 215 g/mol. The van der Waals surface area contributed by atoms with Crippen LogP contribution in [0.3, 0.4) is 0 Å². The monoisotopic (exact) mass is 215 g/mol. The first-order valence-corrected chi connectivity index (χ1v) is 5.01. The predicted molar refractivity (Wildman–Crippen MR) is 51.0 cm³/mol. The zero-order valence-corrected chi connectivity index (χ0v) is 8.19. The zero-order chi connectivity index (χ0) is 10.8. The number of rotatable bonds is 2. The van der Waals surface area contributed by atoms with Crippen LogP contribution in [-0.2, 0) is 6.42 Å². The molecular formula is C11H12F3N. The van der Waals surface area contributed by atoms with E-state index in [2.05, 4.69) is 5.32 Å². The summed E-state index contributed by atoms with van der Waals surface area (Å²) in [5, 5.41) is 3.12. The van der Waals surface area contributed by atoms with Crippen LogP contribution in [0.2, 0.25) is 0 Å². The third-order valence-electron chi connectivity index (χ3n) is 2.76. The van der Waals surface area contributed by atoms with E-state index in [4.69, 9.17) is 0 Å². The summed E-state index contributed by atoms with van der Waals surface area (Å²) in [6.07, 6.45) is 1.25. The van der Waals surface area contributed by atoms with Gasteiger partial charge in [0.05, 0.1) is 0 Å². The van der Waals surface area contributed by atoms with E-state index < -0.39 is 17.5 Å². The third kappa shape index (κ3) is 2.31. The maximum atomic E-state index is 13.3. The fourth-order valence-electron chi connectivity index (χ4n) is 1.94. The van der Waals surface area contributed by atoms with Gasteiger partial charge in [0, 0.05) is 17.7 Å². The van der Waals surface area contributed by atoms with Crippen molar-refractivity contribution in [2.24, 2.45) is 5.92 Å². The van der Waals surface area contributed by atoms with Crippen LogP contribution >= 0.6 is 0 Å². The molecule has 1 fully saturated rings. The van der Waals surface area contributed by atoms with E-state index in [9.17, 15) is 13.2 Å². The highest BCUT2D eigenvalue weighted by Crippen LogP contribution is 2.21. The predicted octanol–water partition coefficient (Wildman–Crippen LogP) is 2.26. The van der Waals surface area contributed by atoms with Gasteiger partial charge in [-0.25, -0.2) is 13.2 Å². The van der Waals surface area contributed by atoms with E-state index in [-0.39, 0.29) is 11.5 Å². The van der Waals surface area contributed by atoms with Crippen molar-refractivity contribution < 1.29 is 13.2 Å². The van der Waals surface area contributed by atoms with E-state index in [0.717, 1.165) is 31.6 Å². The molecule has 1 atom stereocenters. The second-order valence-electron chi connectivity index (χ2n) is 3.91. The highest BCUT2D eigenvalue weighted by atomic mass is 19.1. The fourth-order valence-corrected chi connectivity index (χ4v) is 1.94. The van der Waals surface area contributed by atoms with Gasteiger partial charge in [-0.15, -0.1) is 0 Å². The molecule has 0 amide bonds. The molecule has 15 heavy (non-hydrogen) atoms. The fraction of sp³-hybridized carbons (Fsp3) is 0.455. The molecule has 0 saturated carbocycles. The summed E-state index contributed by atoms with van der Waals surface area (Å²) >= 11 is 0. The lowest BCUT2D eigenvalue weighted by atomic mass is 9.98. The Bertz CT molecular complexity index is 336. The van der Waals surface area contributed by atoms with Gasteiger partial charge in [-0.1, -0.05) is 0 Å². The molecule has 0 aliphatic carbocycles. The number of halogens is 3. The molecule has 1 saturated heterocycles. The van der Waals surface area contributed by atoms with Crippen LogP contribution in [0.1, 0.15) is 12.0 Å². The van der Waals surface area contributed by atoms with Gasteiger partial charge in [0.25, 0.3) is 0 Å². The Morgan fingerprint density at radius 2 is 1.87 bits per heavy atom. The Labute approximate surface area is 86.3 Å². The molecule has 1 heterocycles. The molecule has 1 aliphatic heterocycles. The van der Waals surface area contributed by atoms with Crippen LogP contribution < -0.4 is 5.32 Å². The number of hydrogen-bond donors (Lipinski definition) is 1. The first-order chi connectivity index (χ1) is 7.16. The summed E-state index contributed by atoms with van der Waals surface area (Å²) in [4.78, 5) is 0. The van der Waals surface area contributed by atoms with Gasteiger partial charge in [0.1, 0.15) is 17.5 Å². The van der Waals surface area contributed by atoms with Crippen molar-refractivity contribution in [1.29, 1.82) is 0 Å². The lowest BCUT2D eigenvalue weighted by Crippen LogP contribution is -2.12. The summed E-state index contributed by atoms with van der Waals surface area (Å²) in [7, 11) is 0. The van der Waals surface area contributed by atoms with Gasteiger partial charge >= 0.3 is 0 Å². The molecule has 0 spiro atoms. The van der Waals surface area contributed by atoms with E-state index in [1.165, 1.54) is 0 Å². The number of hydrogen-bond acceptors (Lipinski definition) is 1. The Morgan fingerprint density at radius 3 is 2.40 bits per heavy atom. The van der Waals surface area contributed by atoms with E-state index >= 15 is 0 Å². The molecule has 0 radical (unpaired) electrons. The maximum absolute atomic E-state index is 13.3. The van der Waals surface area contributed by atoms with Crippen LogP contribution in [0.15, 0.2) is 12.1 Å². The molecule has 1 unspecified atom stereocenters. The summed E-state index contributed by atoms with van der Waals surface area (Å²) in [6.45, 7) is 1.66. The second-order valence-corrected chi connectivity index (χ2v) is 3.91. The second kappa shape index (κ2) is 4.23. The lowest BCUT2D eigenvalue weighted by Gasteiger charge is -2.10. The highest BCUT2D eigenvalue weighted by Gasteiger charge is 2.19. The molecule has 0 aromatic heterocycles. The van der Waals surface area contributed by atoms with Crippen molar-refractivity contribution in [3.8, 4) is 0 Å². The van der Waals surface area contributed by atoms with Gasteiger partial charge in [0.15, 0.2) is 0 Å². The standard InChI is InChI=1S/C11H12F3N/c12-8-4-10(13)9(11(14)5-8)3-7-1-2-15-6-7/h4-5,7,15H,1-3,6H2. The first kappa shape index (κ1) is 10.5. The van der Waals surface area contributed by atoms with E-state index in [1.54, 1.807) is 0 Å². The minimum absolute atomic E-state index is 0.00472. The van der Waals surface area contributed by atoms with Crippen LogP contribution in [0.5, 0.6) is 0 Å². The summed E-state index contributed by atoms with van der Waals surface area (Å²) in [5.74, 6) is -2.17. The SMILES string of the molecule is Fc1cc(F)c(CC2CCNC2)c(F)c1. The van der Waals surface area contributed by atoms with Gasteiger partial charge in [-0.05, 0) is 31.8 Å². The molecule has 82 valence electrons. The minimum Gasteiger partial charge on any atom is -0.316 e. The number of benzene rings is 1. The van der Waals surface area contributed by atoms with Crippen molar-refractivity contribution in [2.75, 3.05) is 13.1 Å². The lowest BCUT2D eigenvalue weighted by molar-refractivity contribution is 0.490. The smallest absolute Gasteiger partial charge is 0.132 e. The summed E-state index contributed by atoms with van der Waals surface area (Å²) in [6, 6.07) is 1.47. The van der Waals surface area contributed by atoms with Crippen LogP contribution in [0.4, 0.5) is 13.2 Å². The van der Waals surface area contributed by atoms with E-state index in [1.807, 2.05) is 0 Å². The van der Waals surface area contributed by atoms with Crippen molar-refractivity contribution in [2.45, 2.75) is 12.8 Å². The largest absolute Gasteiger partial charge is 0.316 e. The maximum Gasteiger partial charge on any atom is 0.132 e. The Kier molecular flexibility index (Phi) is 2.95. The summed E-state index contributed by atoms with van der Waals surface area (Å²) in [5.41, 5.74) is 0.00472. The molecule has 4 heteroatoms. The number of nitrogens with one attached hydrogen (secondary N) is 1. The van der Waals surface area contributed by atoms with Crippen molar-refractivity contribution in [1.82, 2.24) is 5.32 Å². The molecule has 1 aromatic rings. The van der Waals surface area contributed by atoms with Crippen LogP contribution in [-0.4, -0.2) is 13.1 Å². The molecule has 1 N–H and O–H groups in total. The molecule has 1 aliphatic rings. The Balaban J connectivity index is 2.19. The first-order valence-electron chi connectivity index (χ1n) is 5.01. The van der Waals surface area contributed by atoms with Gasteiger partial charge in [0.2, 0.25) is 0 Å². The topological polar surface area (TPSA) is 12.0 Å². The quantitative estimate of drug-likeness (QED) is 0.797. The van der Waals surface area contributed by atoms with Crippen LogP contribution in [0, 0.1) is 23.4 Å². The minimum atomic E-state index is -0.863. The van der Waals surface area contributed by atoms with Gasteiger partial charge in [-0.2, -0.15) is 0 Å². The Morgan fingerprint density at radius 1 is 1.20 bits per heavy atom. The van der Waals surface area contributed by atoms with Gasteiger partial charge < -0.3 is 5.32 Å². The van der Waals surface area contributed by atoms with Crippen molar-refractivity contribution in [3.05, 3.63) is 35.1 Å². The van der Waals surface area contributed by atoms with Crippen molar-refractivity contribution in [3.63, 3.8) is 0 Å². The normalized spacial score (nSPS) is 20.9. The van der Waals surface area contributed by atoms with Gasteiger partial charge in [-0.3, -0.25) is 0 Å². The molecule has 1 nitrogen and oxygen atoms in total. The molecule has 1 aromatic carbocycles. The average Bonchev–Trinajstić information content (AvgIpc) is 2.63. The highest BCUT2D eigenvalue weighted by molar-refractivity contribution is 5.21. The van der Waals surface area contributed by atoms with E-state index in [0.29, 0.717) is 6.42 Å².